The molecule has 1 aromatic carbocycles. The van der Waals surface area contributed by atoms with Gasteiger partial charge in [0.05, 0.1) is 0 Å². The second kappa shape index (κ2) is 7.37. The fourth-order valence-electron chi connectivity index (χ4n) is 4.43. The van der Waals surface area contributed by atoms with Crippen molar-refractivity contribution in [1.82, 2.24) is 9.29 Å². The Morgan fingerprint density at radius 1 is 1.00 bits per heavy atom. The van der Waals surface area contributed by atoms with Crippen LogP contribution in [0.5, 0.6) is 0 Å². The molecule has 6 nitrogen and oxygen atoms in total. The molecule has 150 valence electrons. The first kappa shape index (κ1) is 19.2. The summed E-state index contributed by atoms with van der Waals surface area (Å²) in [5.74, 6) is -0.164. The smallest absolute Gasteiger partial charge is 0.275 e. The molecule has 2 aliphatic heterocycles. The monoisotopic (exact) mass is 401 g/mol. The van der Waals surface area contributed by atoms with E-state index in [1.165, 1.54) is 0 Å². The van der Waals surface area contributed by atoms with Gasteiger partial charge >= 0.3 is 0 Å². The van der Waals surface area contributed by atoms with Crippen LogP contribution in [-0.4, -0.2) is 43.2 Å². The van der Waals surface area contributed by atoms with E-state index in [0.717, 1.165) is 43.4 Å². The van der Waals surface area contributed by atoms with Crippen LogP contribution in [0.15, 0.2) is 29.2 Å². The lowest BCUT2D eigenvalue weighted by Crippen LogP contribution is -2.33. The number of aromatic nitrogens is 1. The zero-order valence-electron chi connectivity index (χ0n) is 16.5. The van der Waals surface area contributed by atoms with Crippen LogP contribution >= 0.6 is 0 Å². The summed E-state index contributed by atoms with van der Waals surface area (Å²) in [6.07, 6.45) is 4.72. The minimum atomic E-state index is -3.61. The molecule has 1 aromatic heterocycles. The summed E-state index contributed by atoms with van der Waals surface area (Å²) in [6.45, 7) is 5.20. The van der Waals surface area contributed by atoms with Crippen molar-refractivity contribution in [3.63, 3.8) is 0 Å². The molecule has 4 rings (SSSR count). The summed E-state index contributed by atoms with van der Waals surface area (Å²) < 4.78 is 28.2. The predicted molar refractivity (Wildman–Crippen MR) is 109 cm³/mol. The predicted octanol–water partition coefficient (Wildman–Crippen LogP) is 3.40. The highest BCUT2D eigenvalue weighted by atomic mass is 32.2. The summed E-state index contributed by atoms with van der Waals surface area (Å²) in [7, 11) is -3.61. The quantitative estimate of drug-likeness (QED) is 0.857. The number of nitrogens with zero attached hydrogens (tertiary/aromatic N) is 2. The van der Waals surface area contributed by atoms with Crippen molar-refractivity contribution in [2.75, 3.05) is 24.5 Å². The topological polar surface area (TPSA) is 73.5 Å². The van der Waals surface area contributed by atoms with Gasteiger partial charge in [-0.1, -0.05) is 31.0 Å². The number of sulfonamides is 1. The number of anilines is 1. The van der Waals surface area contributed by atoms with Gasteiger partial charge in [-0.25, -0.2) is 8.42 Å². The molecular formula is C21H27N3O3S. The molecule has 7 heteroatoms. The van der Waals surface area contributed by atoms with Crippen molar-refractivity contribution in [2.24, 2.45) is 0 Å². The Balaban J connectivity index is 1.69. The summed E-state index contributed by atoms with van der Waals surface area (Å²) in [4.78, 5) is 18.3. The van der Waals surface area contributed by atoms with E-state index in [1.54, 1.807) is 23.1 Å². The Hall–Kier alpha value is -2.12. The van der Waals surface area contributed by atoms with Crippen LogP contribution in [-0.2, 0) is 16.4 Å². The molecule has 28 heavy (non-hydrogen) atoms. The number of carbonyl (C=O) groups is 1. The highest BCUT2D eigenvalue weighted by Crippen LogP contribution is 2.32. The number of carbonyl (C=O) groups excluding carboxylic acids is 1. The van der Waals surface area contributed by atoms with Crippen LogP contribution < -0.4 is 4.90 Å². The highest BCUT2D eigenvalue weighted by molar-refractivity contribution is 7.89. The van der Waals surface area contributed by atoms with Gasteiger partial charge in [0.25, 0.3) is 5.91 Å². The molecular weight excluding hydrogens is 374 g/mol. The standard InChI is InChI=1S/C21H27N3O3S/c1-15-19(21(25)24-14-11-17-9-5-6-10-18(17)24)22-16(2)20(15)28(26,27)23-12-7-3-4-8-13-23/h5-6,9-10,22H,3-4,7-8,11-14H2,1-2H3. The zero-order valence-corrected chi connectivity index (χ0v) is 17.3. The third-order valence-electron chi connectivity index (χ3n) is 5.88. The van der Waals surface area contributed by atoms with Gasteiger partial charge in [0.1, 0.15) is 10.6 Å². The van der Waals surface area contributed by atoms with E-state index in [-0.39, 0.29) is 10.8 Å². The molecule has 1 fully saturated rings. The average Bonchev–Trinajstić information content (AvgIpc) is 3.09. The molecule has 0 radical (unpaired) electrons. The highest BCUT2D eigenvalue weighted by Gasteiger charge is 2.34. The largest absolute Gasteiger partial charge is 0.353 e. The lowest BCUT2D eigenvalue weighted by molar-refractivity contribution is 0.0984. The number of H-pyrrole nitrogens is 1. The molecule has 0 bridgehead atoms. The fraction of sp³-hybridized carbons (Fsp3) is 0.476. The van der Waals surface area contributed by atoms with Crippen LogP contribution in [0.25, 0.3) is 0 Å². The molecule has 2 aromatic rings. The van der Waals surface area contributed by atoms with Crippen LogP contribution in [0.3, 0.4) is 0 Å². The normalized spacial score (nSPS) is 18.1. The number of benzene rings is 1. The SMILES string of the molecule is Cc1[nH]c(C(=O)N2CCc3ccccc32)c(C)c1S(=O)(=O)N1CCCCCC1. The minimum absolute atomic E-state index is 0.164. The maximum Gasteiger partial charge on any atom is 0.275 e. The molecule has 2 aliphatic rings. The second-order valence-electron chi connectivity index (χ2n) is 7.73. The van der Waals surface area contributed by atoms with Gasteiger partial charge in [0, 0.05) is 31.0 Å². The molecule has 0 atom stereocenters. The van der Waals surface area contributed by atoms with Gasteiger partial charge in [-0.15, -0.1) is 0 Å². The second-order valence-corrected chi connectivity index (χ2v) is 9.61. The van der Waals surface area contributed by atoms with Crippen molar-refractivity contribution >= 4 is 21.6 Å². The molecule has 0 spiro atoms. The molecule has 3 heterocycles. The Morgan fingerprint density at radius 3 is 2.39 bits per heavy atom. The van der Waals surface area contributed by atoms with Crippen LogP contribution in [0.1, 0.15) is 53.0 Å². The number of aromatic amines is 1. The van der Waals surface area contributed by atoms with E-state index < -0.39 is 10.0 Å². The van der Waals surface area contributed by atoms with E-state index in [4.69, 9.17) is 0 Å². The van der Waals surface area contributed by atoms with Crippen molar-refractivity contribution in [3.05, 3.63) is 46.8 Å². The Bertz CT molecular complexity index is 1000. The Labute approximate surface area is 166 Å². The number of nitrogens with one attached hydrogen (secondary N) is 1. The third-order valence-corrected chi connectivity index (χ3v) is 8.05. The lowest BCUT2D eigenvalue weighted by atomic mass is 10.2. The number of para-hydroxylation sites is 1. The van der Waals surface area contributed by atoms with E-state index in [2.05, 4.69) is 4.98 Å². The summed E-state index contributed by atoms with van der Waals surface area (Å²) >= 11 is 0. The van der Waals surface area contributed by atoms with Crippen LogP contribution in [0.4, 0.5) is 5.69 Å². The molecule has 0 unspecified atom stereocenters. The van der Waals surface area contributed by atoms with Crippen molar-refractivity contribution in [1.29, 1.82) is 0 Å². The number of hydrogen-bond donors (Lipinski definition) is 1. The first-order valence-electron chi connectivity index (χ1n) is 10.0. The van der Waals surface area contributed by atoms with E-state index in [0.29, 0.717) is 36.6 Å². The minimum Gasteiger partial charge on any atom is -0.353 e. The summed E-state index contributed by atoms with van der Waals surface area (Å²) in [5, 5.41) is 0. The number of rotatable bonds is 3. The number of amides is 1. The van der Waals surface area contributed by atoms with Gasteiger partial charge in [0.2, 0.25) is 10.0 Å². The van der Waals surface area contributed by atoms with E-state index >= 15 is 0 Å². The molecule has 1 N–H and O–H groups in total. The first-order chi connectivity index (χ1) is 13.4. The van der Waals surface area contributed by atoms with Crippen molar-refractivity contribution in [2.45, 2.75) is 50.8 Å². The Kier molecular flexibility index (Phi) is 5.05. The van der Waals surface area contributed by atoms with Gasteiger partial charge in [0.15, 0.2) is 0 Å². The van der Waals surface area contributed by atoms with Crippen molar-refractivity contribution in [3.8, 4) is 0 Å². The lowest BCUT2D eigenvalue weighted by Gasteiger charge is -2.20. The van der Waals surface area contributed by atoms with Crippen LogP contribution in [0.2, 0.25) is 0 Å². The maximum absolute atomic E-state index is 13.3. The number of aryl methyl sites for hydroxylation is 1. The van der Waals surface area contributed by atoms with Gasteiger partial charge in [-0.05, 0) is 50.3 Å². The number of hydrogen-bond acceptors (Lipinski definition) is 3. The maximum atomic E-state index is 13.3. The first-order valence-corrected chi connectivity index (χ1v) is 11.4. The van der Waals surface area contributed by atoms with Gasteiger partial charge < -0.3 is 9.88 Å². The van der Waals surface area contributed by atoms with E-state index in [9.17, 15) is 13.2 Å². The number of fused-ring (bicyclic) bond motifs is 1. The molecule has 0 saturated carbocycles. The average molecular weight is 402 g/mol. The van der Waals surface area contributed by atoms with Crippen LogP contribution in [0, 0.1) is 13.8 Å². The zero-order chi connectivity index (χ0) is 19.9. The Morgan fingerprint density at radius 2 is 1.68 bits per heavy atom. The summed E-state index contributed by atoms with van der Waals surface area (Å²) in [5.41, 5.74) is 3.50. The molecule has 1 amide bonds. The molecule has 0 aliphatic carbocycles. The fourth-order valence-corrected chi connectivity index (χ4v) is 6.35. The summed E-state index contributed by atoms with van der Waals surface area (Å²) in [6, 6.07) is 7.88. The van der Waals surface area contributed by atoms with Gasteiger partial charge in [-0.3, -0.25) is 4.79 Å². The van der Waals surface area contributed by atoms with Crippen molar-refractivity contribution < 1.29 is 13.2 Å². The van der Waals surface area contributed by atoms with Gasteiger partial charge in [-0.2, -0.15) is 4.31 Å². The third kappa shape index (κ3) is 3.16. The molecule has 1 saturated heterocycles. The van der Waals surface area contributed by atoms with E-state index in [1.807, 2.05) is 24.3 Å².